The zero-order chi connectivity index (χ0) is 11.0. The SMILES string of the molecule is Cc1ccc(N2CCc3ccccc32)nc1. The fraction of sp³-hybridized carbons (Fsp3) is 0.214. The van der Waals surface area contributed by atoms with E-state index >= 15 is 0 Å². The van der Waals surface area contributed by atoms with Crippen LogP contribution in [0.5, 0.6) is 0 Å². The van der Waals surface area contributed by atoms with Crippen LogP contribution in [0.25, 0.3) is 0 Å². The van der Waals surface area contributed by atoms with Crippen molar-refractivity contribution < 1.29 is 0 Å². The zero-order valence-corrected chi connectivity index (χ0v) is 9.35. The Morgan fingerprint density at radius 2 is 2.00 bits per heavy atom. The van der Waals surface area contributed by atoms with Crippen molar-refractivity contribution in [2.45, 2.75) is 13.3 Å². The van der Waals surface area contributed by atoms with E-state index < -0.39 is 0 Å². The number of anilines is 2. The second kappa shape index (κ2) is 3.63. The molecule has 0 saturated heterocycles. The van der Waals surface area contributed by atoms with Crippen LogP contribution in [-0.2, 0) is 6.42 Å². The molecule has 0 spiro atoms. The molecule has 0 radical (unpaired) electrons. The first kappa shape index (κ1) is 9.40. The standard InChI is InChI=1S/C14H14N2/c1-11-6-7-14(15-10-11)16-9-8-12-4-2-3-5-13(12)16/h2-7,10H,8-9H2,1H3. The minimum absolute atomic E-state index is 1.04. The van der Waals surface area contributed by atoms with Crippen molar-refractivity contribution in [1.29, 1.82) is 0 Å². The number of hydrogen-bond acceptors (Lipinski definition) is 2. The lowest BCUT2D eigenvalue weighted by atomic mass is 10.2. The van der Waals surface area contributed by atoms with Crippen LogP contribution >= 0.6 is 0 Å². The van der Waals surface area contributed by atoms with E-state index in [1.165, 1.54) is 16.8 Å². The predicted molar refractivity (Wildman–Crippen MR) is 66.1 cm³/mol. The van der Waals surface area contributed by atoms with Crippen LogP contribution in [0.3, 0.4) is 0 Å². The second-order valence-electron chi connectivity index (χ2n) is 4.22. The highest BCUT2D eigenvalue weighted by Crippen LogP contribution is 2.32. The van der Waals surface area contributed by atoms with Crippen LogP contribution < -0.4 is 4.90 Å². The van der Waals surface area contributed by atoms with Gasteiger partial charge in [0.25, 0.3) is 0 Å². The molecule has 2 aromatic rings. The van der Waals surface area contributed by atoms with Gasteiger partial charge < -0.3 is 4.90 Å². The van der Waals surface area contributed by atoms with Gasteiger partial charge in [0.1, 0.15) is 5.82 Å². The Kier molecular flexibility index (Phi) is 2.13. The first-order valence-corrected chi connectivity index (χ1v) is 5.63. The molecule has 1 aromatic heterocycles. The second-order valence-corrected chi connectivity index (χ2v) is 4.22. The van der Waals surface area contributed by atoms with E-state index in [1.807, 2.05) is 6.20 Å². The zero-order valence-electron chi connectivity index (χ0n) is 9.35. The van der Waals surface area contributed by atoms with Crippen LogP contribution in [0, 0.1) is 6.92 Å². The summed E-state index contributed by atoms with van der Waals surface area (Å²) in [4.78, 5) is 6.77. The molecule has 0 aliphatic carbocycles. The Balaban J connectivity index is 2.01. The number of benzene rings is 1. The predicted octanol–water partition coefficient (Wildman–Crippen LogP) is 3.08. The molecule has 0 atom stereocenters. The Hall–Kier alpha value is -1.83. The third-order valence-corrected chi connectivity index (χ3v) is 3.06. The summed E-state index contributed by atoms with van der Waals surface area (Å²) in [5.41, 5.74) is 3.93. The van der Waals surface area contributed by atoms with E-state index in [2.05, 4.69) is 53.2 Å². The van der Waals surface area contributed by atoms with Crippen molar-refractivity contribution in [3.05, 3.63) is 53.7 Å². The maximum absolute atomic E-state index is 4.49. The fourth-order valence-corrected chi connectivity index (χ4v) is 2.20. The smallest absolute Gasteiger partial charge is 0.132 e. The first-order chi connectivity index (χ1) is 7.84. The molecule has 3 rings (SSSR count). The third kappa shape index (κ3) is 1.47. The van der Waals surface area contributed by atoms with Gasteiger partial charge >= 0.3 is 0 Å². The van der Waals surface area contributed by atoms with Crippen LogP contribution in [0.1, 0.15) is 11.1 Å². The molecule has 1 aliphatic rings. The van der Waals surface area contributed by atoms with Crippen molar-refractivity contribution in [2.75, 3.05) is 11.4 Å². The molecule has 80 valence electrons. The van der Waals surface area contributed by atoms with Crippen molar-refractivity contribution in [3.63, 3.8) is 0 Å². The van der Waals surface area contributed by atoms with Crippen molar-refractivity contribution in [1.82, 2.24) is 4.98 Å². The molecule has 1 aromatic carbocycles. The van der Waals surface area contributed by atoms with Gasteiger partial charge in [-0.25, -0.2) is 4.98 Å². The summed E-state index contributed by atoms with van der Waals surface area (Å²) >= 11 is 0. The number of pyridine rings is 1. The highest BCUT2D eigenvalue weighted by atomic mass is 15.2. The van der Waals surface area contributed by atoms with Crippen molar-refractivity contribution >= 4 is 11.5 Å². The van der Waals surface area contributed by atoms with Crippen LogP contribution in [-0.4, -0.2) is 11.5 Å². The monoisotopic (exact) mass is 210 g/mol. The van der Waals surface area contributed by atoms with E-state index in [0.717, 1.165) is 18.8 Å². The van der Waals surface area contributed by atoms with Gasteiger partial charge in [0.05, 0.1) is 0 Å². The number of aryl methyl sites for hydroxylation is 1. The molecule has 16 heavy (non-hydrogen) atoms. The van der Waals surface area contributed by atoms with Gasteiger partial charge in [-0.1, -0.05) is 24.3 Å². The molecule has 0 saturated carbocycles. The molecule has 2 nitrogen and oxygen atoms in total. The molecule has 0 unspecified atom stereocenters. The molecule has 2 heterocycles. The van der Waals surface area contributed by atoms with E-state index in [-0.39, 0.29) is 0 Å². The number of para-hydroxylation sites is 1. The lowest BCUT2D eigenvalue weighted by Crippen LogP contribution is -2.14. The normalized spacial score (nSPS) is 13.9. The summed E-state index contributed by atoms with van der Waals surface area (Å²) in [6, 6.07) is 12.8. The van der Waals surface area contributed by atoms with E-state index in [1.54, 1.807) is 0 Å². The summed E-state index contributed by atoms with van der Waals surface area (Å²) in [6.07, 6.45) is 3.04. The van der Waals surface area contributed by atoms with Gasteiger partial charge in [-0.15, -0.1) is 0 Å². The molecule has 0 amide bonds. The Morgan fingerprint density at radius 1 is 1.12 bits per heavy atom. The quantitative estimate of drug-likeness (QED) is 0.719. The number of aromatic nitrogens is 1. The molecule has 0 fully saturated rings. The summed E-state index contributed by atoms with van der Waals surface area (Å²) < 4.78 is 0. The van der Waals surface area contributed by atoms with Crippen molar-refractivity contribution in [2.24, 2.45) is 0 Å². The largest absolute Gasteiger partial charge is 0.326 e. The van der Waals surface area contributed by atoms with E-state index in [4.69, 9.17) is 0 Å². The topological polar surface area (TPSA) is 16.1 Å². The lowest BCUT2D eigenvalue weighted by Gasteiger charge is -2.18. The Bertz CT molecular complexity index is 502. The molecular formula is C14H14N2. The van der Waals surface area contributed by atoms with Crippen LogP contribution in [0.2, 0.25) is 0 Å². The molecule has 0 N–H and O–H groups in total. The average Bonchev–Trinajstić information content (AvgIpc) is 2.74. The highest BCUT2D eigenvalue weighted by Gasteiger charge is 2.19. The van der Waals surface area contributed by atoms with Gasteiger partial charge in [0.15, 0.2) is 0 Å². The van der Waals surface area contributed by atoms with Gasteiger partial charge in [-0.2, -0.15) is 0 Å². The van der Waals surface area contributed by atoms with Crippen LogP contribution in [0.15, 0.2) is 42.6 Å². The number of rotatable bonds is 1. The van der Waals surface area contributed by atoms with Crippen LogP contribution in [0.4, 0.5) is 11.5 Å². The summed E-state index contributed by atoms with van der Waals surface area (Å²) in [5, 5.41) is 0. The molecular weight excluding hydrogens is 196 g/mol. The van der Waals surface area contributed by atoms with E-state index in [9.17, 15) is 0 Å². The van der Waals surface area contributed by atoms with Gasteiger partial charge in [-0.3, -0.25) is 0 Å². The maximum Gasteiger partial charge on any atom is 0.132 e. The lowest BCUT2D eigenvalue weighted by molar-refractivity contribution is 0.972. The highest BCUT2D eigenvalue weighted by molar-refractivity contribution is 5.67. The number of nitrogens with zero attached hydrogens (tertiary/aromatic N) is 2. The summed E-state index contributed by atoms with van der Waals surface area (Å²) in [6.45, 7) is 3.10. The van der Waals surface area contributed by atoms with Gasteiger partial charge in [0, 0.05) is 18.4 Å². The summed E-state index contributed by atoms with van der Waals surface area (Å²) in [5.74, 6) is 1.05. The molecule has 2 heteroatoms. The molecule has 0 bridgehead atoms. The minimum atomic E-state index is 1.04. The Labute approximate surface area is 95.6 Å². The average molecular weight is 210 g/mol. The first-order valence-electron chi connectivity index (χ1n) is 5.63. The fourth-order valence-electron chi connectivity index (χ4n) is 2.20. The third-order valence-electron chi connectivity index (χ3n) is 3.06. The van der Waals surface area contributed by atoms with Gasteiger partial charge in [0.2, 0.25) is 0 Å². The molecule has 1 aliphatic heterocycles. The van der Waals surface area contributed by atoms with E-state index in [0.29, 0.717) is 0 Å². The van der Waals surface area contributed by atoms with Gasteiger partial charge in [-0.05, 0) is 36.6 Å². The maximum atomic E-state index is 4.49. The summed E-state index contributed by atoms with van der Waals surface area (Å²) in [7, 11) is 0. The minimum Gasteiger partial charge on any atom is -0.326 e. The van der Waals surface area contributed by atoms with Crippen molar-refractivity contribution in [3.8, 4) is 0 Å². The Morgan fingerprint density at radius 3 is 2.81 bits per heavy atom. The number of hydrogen-bond donors (Lipinski definition) is 0. The number of fused-ring (bicyclic) bond motifs is 1.